The molecule has 0 fully saturated rings. The first kappa shape index (κ1) is 27.3. The molecule has 1 N–H and O–H groups in total. The number of hydrazone groups is 1. The number of imide groups is 1. The van der Waals surface area contributed by atoms with Crippen molar-refractivity contribution in [2.24, 2.45) is 5.10 Å². The predicted octanol–water partition coefficient (Wildman–Crippen LogP) is 3.34. The van der Waals surface area contributed by atoms with E-state index in [1.54, 1.807) is 12.1 Å². The fourth-order valence-corrected chi connectivity index (χ4v) is 4.17. The van der Waals surface area contributed by atoms with Crippen LogP contribution in [-0.2, 0) is 14.4 Å². The number of hydroxylamine groups is 2. The van der Waals surface area contributed by atoms with E-state index in [1.165, 1.54) is 25.0 Å². The van der Waals surface area contributed by atoms with Gasteiger partial charge in [0.15, 0.2) is 11.6 Å². The zero-order valence-electron chi connectivity index (χ0n) is 20.3. The molecule has 1 aromatic rings. The van der Waals surface area contributed by atoms with E-state index in [0.29, 0.717) is 11.7 Å². The average molecular weight is 525 g/mol. The Labute approximate surface area is 207 Å². The normalized spacial score (nSPS) is 17.0. The summed E-state index contributed by atoms with van der Waals surface area (Å²) in [7, 11) is -1.41. The number of nitrogens with one attached hydrogen (secondary N) is 1. The minimum Gasteiger partial charge on any atom is -0.378 e. The van der Waals surface area contributed by atoms with Crippen LogP contribution in [0.5, 0.6) is 0 Å². The Morgan fingerprint density at radius 3 is 2.28 bits per heavy atom. The van der Waals surface area contributed by atoms with Gasteiger partial charge in [0.25, 0.3) is 11.8 Å². The number of halogens is 3. The van der Waals surface area contributed by atoms with E-state index in [4.69, 9.17) is 9.57 Å². The van der Waals surface area contributed by atoms with Crippen LogP contribution in [0.4, 0.5) is 13.2 Å². The number of allylic oxidation sites excluding steroid dienone is 2. The van der Waals surface area contributed by atoms with Crippen LogP contribution in [0.25, 0.3) is 0 Å². The molecule has 1 atom stereocenters. The molecule has 13 heteroatoms. The molecule has 0 aromatic heterocycles. The third-order valence-corrected chi connectivity index (χ3v) is 7.00. The Hall–Kier alpha value is -3.25. The lowest BCUT2D eigenvalue weighted by atomic mass is 10.1. The molecule has 2 aliphatic heterocycles. The summed E-state index contributed by atoms with van der Waals surface area (Å²) in [5, 5.41) is 7.90. The lowest BCUT2D eigenvalue weighted by Gasteiger charge is -2.29. The van der Waals surface area contributed by atoms with Crippen molar-refractivity contribution in [3.05, 3.63) is 52.4 Å². The van der Waals surface area contributed by atoms with Crippen molar-refractivity contribution in [2.75, 3.05) is 19.9 Å². The summed E-state index contributed by atoms with van der Waals surface area (Å²) in [6, 6.07) is 6.15. The Morgan fingerprint density at radius 1 is 1.14 bits per heavy atom. The number of fused-ring (bicyclic) bond motifs is 1. The minimum atomic E-state index is -4.90. The second-order valence-corrected chi connectivity index (χ2v) is 15.1. The van der Waals surface area contributed by atoms with Crippen molar-refractivity contribution < 1.29 is 37.1 Å². The Morgan fingerprint density at radius 2 is 1.75 bits per heavy atom. The van der Waals surface area contributed by atoms with Gasteiger partial charge in [0.05, 0.1) is 29.6 Å². The molecule has 0 aliphatic carbocycles. The Bertz CT molecular complexity index is 1100. The molecular weight excluding hydrogens is 497 g/mol. The van der Waals surface area contributed by atoms with Crippen LogP contribution in [0.3, 0.4) is 0 Å². The summed E-state index contributed by atoms with van der Waals surface area (Å²) in [6.45, 7) is 7.56. The third-order valence-electron chi connectivity index (χ3n) is 5.29. The van der Waals surface area contributed by atoms with Crippen molar-refractivity contribution in [3.63, 3.8) is 0 Å². The second-order valence-electron chi connectivity index (χ2n) is 9.52. The van der Waals surface area contributed by atoms with Crippen LogP contribution in [0.2, 0.25) is 25.7 Å². The molecule has 0 saturated carbocycles. The number of hydrogen-bond donors (Lipinski definition) is 1. The number of alkyl halides is 3. The molecule has 2 amide bonds. The van der Waals surface area contributed by atoms with Crippen LogP contribution < -0.4 is 5.32 Å². The molecule has 1 aromatic carbocycles. The SMILES string of the molecule is CC(CON1C(=O)c2ccccc2C1=O)NC1=C(C(F)(F)F)C(=C=O)N(COCC[Si](C)(C)C)N=C1. The van der Waals surface area contributed by atoms with Crippen molar-refractivity contribution in [1.29, 1.82) is 0 Å². The van der Waals surface area contributed by atoms with Gasteiger partial charge in [0.1, 0.15) is 12.3 Å². The van der Waals surface area contributed by atoms with Gasteiger partial charge in [-0.05, 0) is 25.1 Å². The van der Waals surface area contributed by atoms with E-state index in [2.05, 4.69) is 30.1 Å². The zero-order chi connectivity index (χ0) is 26.7. The number of carbonyl (C=O) groups is 2. The highest BCUT2D eigenvalue weighted by Gasteiger charge is 2.43. The van der Waals surface area contributed by atoms with Gasteiger partial charge in [0.2, 0.25) is 0 Å². The summed E-state index contributed by atoms with van der Waals surface area (Å²) >= 11 is 0. The number of amides is 2. The molecule has 3 rings (SSSR count). The quantitative estimate of drug-likeness (QED) is 0.217. The number of hydrogen-bond acceptors (Lipinski definition) is 8. The second kappa shape index (κ2) is 10.8. The van der Waals surface area contributed by atoms with Crippen LogP contribution in [0.15, 0.2) is 46.3 Å². The van der Waals surface area contributed by atoms with E-state index < -0.39 is 49.1 Å². The molecule has 36 heavy (non-hydrogen) atoms. The molecule has 1 unspecified atom stereocenters. The maximum Gasteiger partial charge on any atom is 0.421 e. The van der Waals surface area contributed by atoms with Gasteiger partial charge in [-0.1, -0.05) is 31.8 Å². The number of ether oxygens (including phenoxy) is 1. The maximum absolute atomic E-state index is 13.9. The average Bonchev–Trinajstić information content (AvgIpc) is 3.04. The summed E-state index contributed by atoms with van der Waals surface area (Å²) in [6.07, 6.45) is -3.97. The fraction of sp³-hybridized carbons (Fsp3) is 0.435. The van der Waals surface area contributed by atoms with Gasteiger partial charge < -0.3 is 10.1 Å². The smallest absolute Gasteiger partial charge is 0.378 e. The standard InChI is InChI=1S/C23H27F3N4O5Si/c1-15(13-35-30-21(32)16-7-5-6-8-17(16)22(30)33)28-18-11-27-29(14-34-9-10-36(2,3)4)19(12-31)20(18)23(24,25)26/h5-8,11,15,28H,9-10,13-14H2,1-4H3. The van der Waals surface area contributed by atoms with Gasteiger partial charge in [-0.15, -0.1) is 5.06 Å². The van der Waals surface area contributed by atoms with E-state index in [0.717, 1.165) is 17.3 Å². The predicted molar refractivity (Wildman–Crippen MR) is 127 cm³/mol. The number of rotatable bonds is 10. The number of benzene rings is 1. The Kier molecular flexibility index (Phi) is 8.19. The van der Waals surface area contributed by atoms with Gasteiger partial charge >= 0.3 is 6.18 Å². The fourth-order valence-electron chi connectivity index (χ4n) is 3.41. The molecule has 9 nitrogen and oxygen atoms in total. The highest BCUT2D eigenvalue weighted by atomic mass is 28.3. The molecule has 0 saturated heterocycles. The van der Waals surface area contributed by atoms with E-state index in [-0.39, 0.29) is 24.5 Å². The summed E-state index contributed by atoms with van der Waals surface area (Å²) in [4.78, 5) is 41.6. The van der Waals surface area contributed by atoms with Gasteiger partial charge in [-0.25, -0.2) is 9.80 Å². The summed E-state index contributed by atoms with van der Waals surface area (Å²) < 4.78 is 47.2. The van der Waals surface area contributed by atoms with Crippen LogP contribution in [0, 0.1) is 0 Å². The molecule has 2 aliphatic rings. The first-order chi connectivity index (χ1) is 16.8. The molecule has 0 radical (unpaired) electrons. The van der Waals surface area contributed by atoms with Crippen LogP contribution >= 0.6 is 0 Å². The summed E-state index contributed by atoms with van der Waals surface area (Å²) in [5.41, 5.74) is -2.18. The maximum atomic E-state index is 13.9. The lowest BCUT2D eigenvalue weighted by molar-refractivity contribution is -0.0973. The number of nitrogens with zero attached hydrogens (tertiary/aromatic N) is 3. The van der Waals surface area contributed by atoms with Crippen LogP contribution in [0.1, 0.15) is 27.6 Å². The molecule has 0 bridgehead atoms. The zero-order valence-corrected chi connectivity index (χ0v) is 21.3. The number of carbonyl (C=O) groups excluding carboxylic acids is 3. The first-order valence-corrected chi connectivity index (χ1v) is 14.9. The van der Waals surface area contributed by atoms with Crippen LogP contribution in [-0.4, -0.2) is 74.3 Å². The van der Waals surface area contributed by atoms with E-state index in [1.807, 2.05) is 0 Å². The van der Waals surface area contributed by atoms with E-state index in [9.17, 15) is 27.6 Å². The first-order valence-electron chi connectivity index (χ1n) is 11.2. The molecule has 194 valence electrons. The monoisotopic (exact) mass is 524 g/mol. The van der Waals surface area contributed by atoms with Crippen molar-refractivity contribution in [1.82, 2.24) is 15.4 Å². The van der Waals surface area contributed by atoms with E-state index >= 15 is 0 Å². The molecular formula is C23H27F3N4O5Si. The summed E-state index contributed by atoms with van der Waals surface area (Å²) in [5.74, 6) is 0.0121. The highest BCUT2D eigenvalue weighted by Crippen LogP contribution is 2.35. The van der Waals surface area contributed by atoms with Gasteiger partial charge in [0, 0.05) is 20.7 Å². The lowest BCUT2D eigenvalue weighted by Crippen LogP contribution is -2.41. The minimum absolute atomic E-state index is 0.178. The Balaban J connectivity index is 1.67. The topological polar surface area (TPSA) is 101 Å². The molecule has 0 spiro atoms. The molecule has 2 heterocycles. The van der Waals surface area contributed by atoms with Gasteiger partial charge in [-0.3, -0.25) is 14.4 Å². The van der Waals surface area contributed by atoms with Crippen molar-refractivity contribution in [2.45, 2.75) is 44.8 Å². The third kappa shape index (κ3) is 6.29. The highest BCUT2D eigenvalue weighted by molar-refractivity contribution is 6.76. The van der Waals surface area contributed by atoms with Gasteiger partial charge in [-0.2, -0.15) is 18.3 Å². The largest absolute Gasteiger partial charge is 0.421 e. The van der Waals surface area contributed by atoms with Crippen molar-refractivity contribution >= 4 is 32.0 Å². The van der Waals surface area contributed by atoms with Crippen molar-refractivity contribution in [3.8, 4) is 0 Å².